The molecule has 0 aliphatic rings. The van der Waals surface area contributed by atoms with E-state index in [1.54, 1.807) is 18.5 Å². The zero-order chi connectivity index (χ0) is 45.6. The monoisotopic (exact) mass is 1260 g/mol. The molecule has 0 radical (unpaired) electrons. The van der Waals surface area contributed by atoms with Crippen molar-refractivity contribution in [2.24, 2.45) is 0 Å². The average molecular weight is 1260 g/mol. The molecule has 9 nitrogen and oxygen atoms in total. The third-order valence-electron chi connectivity index (χ3n) is 12.5. The number of para-hydroxylation sites is 2. The Balaban J connectivity index is 0.00000277. The fourth-order valence-corrected chi connectivity index (χ4v) is 9.15. The van der Waals surface area contributed by atoms with Crippen molar-refractivity contribution >= 4 is 65.4 Å². The molecule has 6 aromatic heterocycles. The van der Waals surface area contributed by atoms with E-state index in [2.05, 4.69) is 170 Å². The largest absolute Gasteiger partial charge is 2.00 e. The fraction of sp³-hybridized carbons (Fsp3) is 0.138. The second-order valence-electron chi connectivity index (χ2n) is 18.9. The molecule has 0 aliphatic carbocycles. The van der Waals surface area contributed by atoms with E-state index >= 15 is 0 Å². The molecule has 0 aliphatic heterocycles. The molecular formula is C58H43N7O2Pt2. The summed E-state index contributed by atoms with van der Waals surface area (Å²) in [6, 6.07) is 57.4. The van der Waals surface area contributed by atoms with Crippen LogP contribution in [0.3, 0.4) is 0 Å². The first kappa shape index (κ1) is 45.8. The van der Waals surface area contributed by atoms with E-state index < -0.39 is 0 Å². The van der Waals surface area contributed by atoms with Gasteiger partial charge in [0.2, 0.25) is 5.95 Å². The van der Waals surface area contributed by atoms with Crippen LogP contribution in [0.25, 0.3) is 83.0 Å². The summed E-state index contributed by atoms with van der Waals surface area (Å²) in [5.74, 6) is 4.23. The maximum Gasteiger partial charge on any atom is 2.00 e. The van der Waals surface area contributed by atoms with Crippen LogP contribution in [0.15, 0.2) is 152 Å². The van der Waals surface area contributed by atoms with Crippen LogP contribution in [0.5, 0.6) is 23.0 Å². The van der Waals surface area contributed by atoms with E-state index in [9.17, 15) is 0 Å². The van der Waals surface area contributed by atoms with Crippen LogP contribution in [0, 0.1) is 24.3 Å². The van der Waals surface area contributed by atoms with Crippen molar-refractivity contribution in [1.82, 2.24) is 33.6 Å². The molecule has 6 heterocycles. The summed E-state index contributed by atoms with van der Waals surface area (Å²) >= 11 is 0. The second-order valence-corrected chi connectivity index (χ2v) is 18.9. The molecular weight excluding hydrogens is 1220 g/mol. The number of fused-ring (bicyclic) bond motifs is 9. The van der Waals surface area contributed by atoms with Crippen LogP contribution in [-0.2, 0) is 53.0 Å². The Hall–Kier alpha value is -6.92. The van der Waals surface area contributed by atoms with Crippen LogP contribution in [0.1, 0.15) is 52.7 Å². The summed E-state index contributed by atoms with van der Waals surface area (Å²) < 4.78 is 19.5. The zero-order valence-corrected chi connectivity index (χ0v) is 43.1. The number of hydrogen-bond donors (Lipinski definition) is 0. The van der Waals surface area contributed by atoms with Crippen LogP contribution in [-0.4, -0.2) is 33.6 Å². The molecule has 0 saturated heterocycles. The maximum absolute atomic E-state index is 6.63. The van der Waals surface area contributed by atoms with Gasteiger partial charge in [0.1, 0.15) is 11.6 Å². The number of pyridine rings is 2. The third kappa shape index (κ3) is 8.02. The molecule has 0 N–H and O–H groups in total. The Morgan fingerprint density at radius 3 is 1.13 bits per heavy atom. The van der Waals surface area contributed by atoms with E-state index in [1.165, 1.54) is 11.1 Å². The van der Waals surface area contributed by atoms with Crippen molar-refractivity contribution in [3.8, 4) is 40.6 Å². The normalized spacial score (nSPS) is 12.0. The van der Waals surface area contributed by atoms with Crippen LogP contribution >= 0.6 is 0 Å². The van der Waals surface area contributed by atoms with Gasteiger partial charge in [-0.15, -0.1) is 59.3 Å². The molecule has 0 unspecified atom stereocenters. The first-order valence-corrected chi connectivity index (χ1v) is 22.4. The van der Waals surface area contributed by atoms with Crippen LogP contribution in [0.4, 0.5) is 0 Å². The molecule has 69 heavy (non-hydrogen) atoms. The van der Waals surface area contributed by atoms with Crippen molar-refractivity contribution in [2.75, 3.05) is 0 Å². The van der Waals surface area contributed by atoms with E-state index in [1.807, 2.05) is 53.4 Å². The Labute approximate surface area is 428 Å². The minimum Gasteiger partial charge on any atom is -0.509 e. The molecule has 0 spiro atoms. The third-order valence-corrected chi connectivity index (χ3v) is 12.5. The molecule has 0 amide bonds. The van der Waals surface area contributed by atoms with Crippen molar-refractivity contribution in [1.29, 1.82) is 0 Å². The maximum atomic E-state index is 6.63. The van der Waals surface area contributed by atoms with E-state index in [4.69, 9.17) is 19.4 Å². The second kappa shape index (κ2) is 17.5. The molecule has 0 saturated carbocycles. The van der Waals surface area contributed by atoms with E-state index in [-0.39, 0.29) is 53.0 Å². The zero-order valence-electron chi connectivity index (χ0n) is 38.5. The predicted octanol–water partition coefficient (Wildman–Crippen LogP) is 13.9. The molecule has 0 bridgehead atoms. The van der Waals surface area contributed by atoms with Gasteiger partial charge in [-0.3, -0.25) is 0 Å². The predicted molar refractivity (Wildman–Crippen MR) is 266 cm³/mol. The summed E-state index contributed by atoms with van der Waals surface area (Å²) in [5.41, 5.74) is 7.60. The number of aromatic nitrogens is 7. The molecule has 6 aromatic carbocycles. The van der Waals surface area contributed by atoms with Gasteiger partial charge in [-0.25, -0.2) is 19.9 Å². The quantitative estimate of drug-likeness (QED) is 0.148. The first-order chi connectivity index (χ1) is 32.5. The van der Waals surface area contributed by atoms with Gasteiger partial charge in [0.05, 0.1) is 0 Å². The molecule has 342 valence electrons. The smallest absolute Gasteiger partial charge is 0.509 e. The average Bonchev–Trinajstić information content (AvgIpc) is 3.96. The molecule has 0 atom stereocenters. The Bertz CT molecular complexity index is 3680. The number of nitrogens with zero attached hydrogens (tertiary/aromatic N) is 7. The summed E-state index contributed by atoms with van der Waals surface area (Å²) in [4.78, 5) is 19.0. The Morgan fingerprint density at radius 1 is 0.377 bits per heavy atom. The topological polar surface area (TPSA) is 84.8 Å². The van der Waals surface area contributed by atoms with Crippen LogP contribution < -0.4 is 9.47 Å². The molecule has 0 fully saturated rings. The van der Waals surface area contributed by atoms with Gasteiger partial charge in [-0.1, -0.05) is 100 Å². The number of benzene rings is 6. The van der Waals surface area contributed by atoms with Gasteiger partial charge in [-0.2, -0.15) is 35.0 Å². The molecule has 12 rings (SSSR count). The van der Waals surface area contributed by atoms with E-state index in [0.717, 1.165) is 77.1 Å². The molecule has 12 aromatic rings. The van der Waals surface area contributed by atoms with Gasteiger partial charge < -0.3 is 23.2 Å². The standard InChI is InChI=1S/C58H43N7O2.2Pt/c1-57(2,3)36-24-28-59-54(30-36)63-48-14-9-7-12-42(48)44-20-16-38(32-50(44)63)66-40-18-22-46-47-23-19-41(35-53(47)65(52(46)34-40)56-61-26-11-27-62-56)67-39-17-21-45-43-13-8-10-15-49(43)64(51(45)33-39)55-31-37(25-29-60-55)58(4,5)6;;/h7-31H,1-6H3;;/q-4;2*+2. The van der Waals surface area contributed by atoms with Gasteiger partial charge in [0.15, 0.2) is 0 Å². The Kier molecular flexibility index (Phi) is 11.7. The SMILES string of the molecule is CC(C)(C)c1ccnc(-n2c3[c-]c(Oc4[c-]c5c(cc4)c4ccc(Oc6[c-]c7c(cc6)c6ccccc6n7-c6cc(C(C)(C)C)ccn6)[c-]c4n5-c4ncccn4)ccc3c3ccccc32)c1.[Pt+2].[Pt+2]. The Morgan fingerprint density at radius 2 is 0.739 bits per heavy atom. The van der Waals surface area contributed by atoms with Gasteiger partial charge >= 0.3 is 42.1 Å². The number of ether oxygens (including phenoxy) is 2. The van der Waals surface area contributed by atoms with Crippen molar-refractivity contribution < 1.29 is 51.6 Å². The minimum absolute atomic E-state index is 0. The van der Waals surface area contributed by atoms with Gasteiger partial charge in [0.25, 0.3) is 0 Å². The van der Waals surface area contributed by atoms with E-state index in [0.29, 0.717) is 28.9 Å². The summed E-state index contributed by atoms with van der Waals surface area (Å²) in [6.45, 7) is 13.3. The first-order valence-electron chi connectivity index (χ1n) is 22.4. The van der Waals surface area contributed by atoms with Crippen molar-refractivity contribution in [3.05, 3.63) is 188 Å². The minimum atomic E-state index is -0.0442. The summed E-state index contributed by atoms with van der Waals surface area (Å²) in [6.07, 6.45) is 7.22. The number of hydrogen-bond acceptors (Lipinski definition) is 6. The van der Waals surface area contributed by atoms with Gasteiger partial charge in [-0.05, 0) is 75.2 Å². The molecule has 11 heteroatoms. The number of rotatable bonds is 7. The summed E-state index contributed by atoms with van der Waals surface area (Å²) in [5, 5.41) is 6.22. The summed E-state index contributed by atoms with van der Waals surface area (Å²) in [7, 11) is 0. The fourth-order valence-electron chi connectivity index (χ4n) is 9.15. The van der Waals surface area contributed by atoms with Crippen molar-refractivity contribution in [2.45, 2.75) is 52.4 Å². The van der Waals surface area contributed by atoms with Crippen molar-refractivity contribution in [3.63, 3.8) is 0 Å². The van der Waals surface area contributed by atoms with Crippen LogP contribution in [0.2, 0.25) is 0 Å². The van der Waals surface area contributed by atoms with Gasteiger partial charge in [0, 0.05) is 58.8 Å².